The van der Waals surface area contributed by atoms with Crippen LogP contribution >= 0.6 is 0 Å². The van der Waals surface area contributed by atoms with Crippen molar-refractivity contribution in [3.05, 3.63) is 29.8 Å². The summed E-state index contributed by atoms with van der Waals surface area (Å²) < 4.78 is 5.67. The van der Waals surface area contributed by atoms with Gasteiger partial charge in [0.15, 0.2) is 0 Å². The lowest BCUT2D eigenvalue weighted by atomic mass is 10.2. The first kappa shape index (κ1) is 13.0. The molecule has 0 fully saturated rings. The highest BCUT2D eigenvalue weighted by Crippen LogP contribution is 2.15. The quantitative estimate of drug-likeness (QED) is 0.796. The topological polar surface area (TPSA) is 32.7 Å². The highest BCUT2D eigenvalue weighted by Gasteiger charge is 2.03. The van der Waals surface area contributed by atoms with Gasteiger partial charge in [-0.2, -0.15) is 0 Å². The molecule has 1 aromatic carbocycles. The van der Waals surface area contributed by atoms with Crippen molar-refractivity contribution < 1.29 is 9.84 Å². The van der Waals surface area contributed by atoms with Crippen molar-refractivity contribution in [2.75, 3.05) is 26.7 Å². The van der Waals surface area contributed by atoms with Gasteiger partial charge in [-0.15, -0.1) is 0 Å². The minimum atomic E-state index is -0.288. The summed E-state index contributed by atoms with van der Waals surface area (Å²) in [6.45, 7) is 5.97. The number of likely N-dealkylation sites (N-methyl/N-ethyl adjacent to an activating group) is 1. The third kappa shape index (κ3) is 4.64. The van der Waals surface area contributed by atoms with Crippen molar-refractivity contribution in [1.82, 2.24) is 4.90 Å². The van der Waals surface area contributed by atoms with Gasteiger partial charge in [-0.3, -0.25) is 0 Å². The summed E-state index contributed by atoms with van der Waals surface area (Å²) in [6.07, 6.45) is -0.288. The second-order valence-corrected chi connectivity index (χ2v) is 4.23. The molecule has 0 heterocycles. The summed E-state index contributed by atoms with van der Waals surface area (Å²) in [4.78, 5) is 2.06. The van der Waals surface area contributed by atoms with Crippen LogP contribution in [0.4, 0.5) is 0 Å². The number of para-hydroxylation sites is 1. The van der Waals surface area contributed by atoms with Crippen LogP contribution in [0.5, 0.6) is 5.75 Å². The fraction of sp³-hybridized carbons (Fsp3) is 0.538. The zero-order chi connectivity index (χ0) is 12.0. The molecule has 0 radical (unpaired) electrons. The van der Waals surface area contributed by atoms with Crippen LogP contribution in [0.1, 0.15) is 12.5 Å². The van der Waals surface area contributed by atoms with Gasteiger partial charge in [-0.05, 0) is 32.5 Å². The van der Waals surface area contributed by atoms with Crippen molar-refractivity contribution in [2.45, 2.75) is 20.0 Å². The van der Waals surface area contributed by atoms with Gasteiger partial charge in [-0.1, -0.05) is 18.2 Å². The van der Waals surface area contributed by atoms with Crippen molar-refractivity contribution >= 4 is 0 Å². The van der Waals surface area contributed by atoms with Crippen LogP contribution in [-0.2, 0) is 0 Å². The smallest absolute Gasteiger partial charge is 0.122 e. The van der Waals surface area contributed by atoms with E-state index in [2.05, 4.69) is 4.90 Å². The van der Waals surface area contributed by atoms with E-state index in [0.717, 1.165) is 17.9 Å². The molecule has 1 rings (SSSR count). The number of benzene rings is 1. The number of hydrogen-bond acceptors (Lipinski definition) is 3. The Morgan fingerprint density at radius 2 is 2.06 bits per heavy atom. The van der Waals surface area contributed by atoms with Crippen LogP contribution in [0.25, 0.3) is 0 Å². The molecule has 0 saturated carbocycles. The van der Waals surface area contributed by atoms with Gasteiger partial charge in [0.05, 0.1) is 6.10 Å². The molecule has 3 heteroatoms. The fourth-order valence-corrected chi connectivity index (χ4v) is 1.57. The van der Waals surface area contributed by atoms with E-state index < -0.39 is 0 Å². The number of hydrogen-bond donors (Lipinski definition) is 1. The minimum absolute atomic E-state index is 0.288. The van der Waals surface area contributed by atoms with E-state index in [4.69, 9.17) is 4.74 Å². The Labute approximate surface area is 97.7 Å². The molecule has 0 aliphatic rings. The predicted octanol–water partition coefficient (Wildman–Crippen LogP) is 1.69. The Morgan fingerprint density at radius 1 is 1.38 bits per heavy atom. The van der Waals surface area contributed by atoms with Gasteiger partial charge in [0, 0.05) is 13.1 Å². The van der Waals surface area contributed by atoms with Crippen LogP contribution in [0.15, 0.2) is 24.3 Å². The number of aliphatic hydroxyl groups is 1. The van der Waals surface area contributed by atoms with E-state index in [9.17, 15) is 5.11 Å². The molecule has 1 unspecified atom stereocenters. The summed E-state index contributed by atoms with van der Waals surface area (Å²) in [5, 5.41) is 9.20. The molecule has 1 atom stereocenters. The summed E-state index contributed by atoms with van der Waals surface area (Å²) in [6, 6.07) is 7.99. The summed E-state index contributed by atoms with van der Waals surface area (Å²) in [5.41, 5.74) is 1.15. The molecular formula is C13H21NO2. The standard InChI is InChI=1S/C13H21NO2/c1-11-6-4-5-7-13(11)16-9-8-14(3)10-12(2)15/h4-7,12,15H,8-10H2,1-3H3. The molecule has 1 N–H and O–H groups in total. The molecule has 0 spiro atoms. The average molecular weight is 223 g/mol. The monoisotopic (exact) mass is 223 g/mol. The maximum atomic E-state index is 9.20. The van der Waals surface area contributed by atoms with Gasteiger partial charge in [0.25, 0.3) is 0 Å². The third-order valence-electron chi connectivity index (χ3n) is 2.40. The molecular weight excluding hydrogens is 202 g/mol. The number of nitrogens with zero attached hydrogens (tertiary/aromatic N) is 1. The van der Waals surface area contributed by atoms with Gasteiger partial charge in [-0.25, -0.2) is 0 Å². The summed E-state index contributed by atoms with van der Waals surface area (Å²) in [7, 11) is 1.98. The van der Waals surface area contributed by atoms with Crippen LogP contribution < -0.4 is 4.74 Å². The molecule has 3 nitrogen and oxygen atoms in total. The van der Waals surface area contributed by atoms with Gasteiger partial charge in [0.2, 0.25) is 0 Å². The molecule has 0 aliphatic carbocycles. The highest BCUT2D eigenvalue weighted by molar-refractivity contribution is 5.31. The lowest BCUT2D eigenvalue weighted by Crippen LogP contribution is -2.30. The second-order valence-electron chi connectivity index (χ2n) is 4.23. The Kier molecular flexibility index (Phi) is 5.29. The first-order valence-corrected chi connectivity index (χ1v) is 5.64. The van der Waals surface area contributed by atoms with E-state index in [1.165, 1.54) is 0 Å². The minimum Gasteiger partial charge on any atom is -0.492 e. The van der Waals surface area contributed by atoms with Gasteiger partial charge in [0.1, 0.15) is 12.4 Å². The van der Waals surface area contributed by atoms with Gasteiger partial charge < -0.3 is 14.7 Å². The Balaban J connectivity index is 2.28. The fourth-order valence-electron chi connectivity index (χ4n) is 1.57. The largest absolute Gasteiger partial charge is 0.492 e. The van der Waals surface area contributed by atoms with Crippen molar-refractivity contribution in [1.29, 1.82) is 0 Å². The lowest BCUT2D eigenvalue weighted by molar-refractivity contribution is 0.131. The molecule has 0 aliphatic heterocycles. The SMILES string of the molecule is Cc1ccccc1OCCN(C)CC(C)O. The van der Waals surface area contributed by atoms with Crippen LogP contribution in [0.3, 0.4) is 0 Å². The predicted molar refractivity (Wildman–Crippen MR) is 65.9 cm³/mol. The second kappa shape index (κ2) is 6.51. The molecule has 0 bridgehead atoms. The van der Waals surface area contributed by atoms with Crippen molar-refractivity contribution in [2.24, 2.45) is 0 Å². The highest BCUT2D eigenvalue weighted by atomic mass is 16.5. The van der Waals surface area contributed by atoms with E-state index in [1.807, 2.05) is 38.2 Å². The maximum absolute atomic E-state index is 9.20. The zero-order valence-electron chi connectivity index (χ0n) is 10.3. The third-order valence-corrected chi connectivity index (χ3v) is 2.40. The Bertz CT molecular complexity index is 313. The van der Waals surface area contributed by atoms with E-state index in [-0.39, 0.29) is 6.10 Å². The molecule has 0 amide bonds. The summed E-state index contributed by atoms with van der Waals surface area (Å²) in [5.74, 6) is 0.938. The number of aliphatic hydroxyl groups excluding tert-OH is 1. The molecule has 90 valence electrons. The van der Waals surface area contributed by atoms with Crippen LogP contribution in [-0.4, -0.2) is 42.9 Å². The van der Waals surface area contributed by atoms with Crippen LogP contribution in [0, 0.1) is 6.92 Å². The maximum Gasteiger partial charge on any atom is 0.122 e. The normalized spacial score (nSPS) is 12.8. The van der Waals surface area contributed by atoms with Crippen molar-refractivity contribution in [3.63, 3.8) is 0 Å². The number of rotatable bonds is 6. The summed E-state index contributed by atoms with van der Waals surface area (Å²) >= 11 is 0. The average Bonchev–Trinajstić information content (AvgIpc) is 2.19. The first-order chi connectivity index (χ1) is 7.59. The molecule has 16 heavy (non-hydrogen) atoms. The zero-order valence-corrected chi connectivity index (χ0v) is 10.3. The van der Waals surface area contributed by atoms with Gasteiger partial charge >= 0.3 is 0 Å². The first-order valence-electron chi connectivity index (χ1n) is 5.64. The molecule has 1 aromatic rings. The molecule has 0 saturated heterocycles. The van der Waals surface area contributed by atoms with Crippen molar-refractivity contribution in [3.8, 4) is 5.75 Å². The Hall–Kier alpha value is -1.06. The lowest BCUT2D eigenvalue weighted by Gasteiger charge is -2.18. The van der Waals surface area contributed by atoms with E-state index >= 15 is 0 Å². The Morgan fingerprint density at radius 3 is 2.69 bits per heavy atom. The van der Waals surface area contributed by atoms with E-state index in [1.54, 1.807) is 6.92 Å². The number of aryl methyl sites for hydroxylation is 1. The molecule has 0 aromatic heterocycles. The van der Waals surface area contributed by atoms with E-state index in [0.29, 0.717) is 13.2 Å². The van der Waals surface area contributed by atoms with Crippen LogP contribution in [0.2, 0.25) is 0 Å². The number of ether oxygens (including phenoxy) is 1.